The van der Waals surface area contributed by atoms with E-state index in [0.29, 0.717) is 11.6 Å². The molecule has 1 amide bonds. The summed E-state index contributed by atoms with van der Waals surface area (Å²) >= 11 is 0. The summed E-state index contributed by atoms with van der Waals surface area (Å²) in [5.41, 5.74) is 5.67. The van der Waals surface area contributed by atoms with Crippen LogP contribution >= 0.6 is 0 Å². The molecule has 27 heavy (non-hydrogen) atoms. The number of hydrogen-bond acceptors (Lipinski definition) is 4. The summed E-state index contributed by atoms with van der Waals surface area (Å²) in [5.74, 6) is 0.327. The number of aromatic nitrogens is 2. The maximum absolute atomic E-state index is 12.8. The first kappa shape index (κ1) is 17.2. The molecule has 0 saturated heterocycles. The van der Waals surface area contributed by atoms with E-state index in [9.17, 15) is 4.79 Å². The number of amides is 1. The minimum Gasteiger partial charge on any atom is -0.320 e. The number of para-hydroxylation sites is 1. The molecule has 2 heterocycles. The van der Waals surface area contributed by atoms with Gasteiger partial charge in [-0.25, -0.2) is 9.97 Å². The molecule has 0 fully saturated rings. The average molecular weight is 358 g/mol. The summed E-state index contributed by atoms with van der Waals surface area (Å²) in [4.78, 5) is 23.8. The highest BCUT2D eigenvalue weighted by atomic mass is 16.1. The minimum atomic E-state index is -0.229. The summed E-state index contributed by atoms with van der Waals surface area (Å²) in [6.07, 6.45) is 2.59. The number of carbonyl (C=O) groups is 1. The lowest BCUT2D eigenvalue weighted by molar-refractivity contribution is 0.102. The third-order valence-electron chi connectivity index (χ3n) is 4.94. The molecular weight excluding hydrogens is 336 g/mol. The highest BCUT2D eigenvalue weighted by Gasteiger charge is 2.29. The molecule has 4 rings (SSSR count). The minimum absolute atomic E-state index is 0.229. The predicted molar refractivity (Wildman–Crippen MR) is 108 cm³/mol. The molecule has 1 N–H and O–H groups in total. The number of carbonyl (C=O) groups excluding carboxylic acids is 1. The topological polar surface area (TPSA) is 58.1 Å². The van der Waals surface area contributed by atoms with Crippen molar-refractivity contribution in [2.75, 3.05) is 10.2 Å². The summed E-state index contributed by atoms with van der Waals surface area (Å²) in [5, 5.41) is 2.97. The van der Waals surface area contributed by atoms with E-state index in [4.69, 9.17) is 0 Å². The molecule has 5 nitrogen and oxygen atoms in total. The molecule has 0 saturated carbocycles. The maximum Gasteiger partial charge on any atom is 0.274 e. The van der Waals surface area contributed by atoms with Crippen molar-refractivity contribution in [2.45, 2.75) is 33.2 Å². The molecule has 0 radical (unpaired) electrons. The average Bonchev–Trinajstić information content (AvgIpc) is 3.00. The number of aryl methyl sites for hydroxylation is 2. The highest BCUT2D eigenvalue weighted by molar-refractivity contribution is 6.03. The molecule has 2 aromatic carbocycles. The number of rotatable bonds is 3. The molecule has 3 aromatic rings. The van der Waals surface area contributed by atoms with Gasteiger partial charge in [-0.15, -0.1) is 0 Å². The second-order valence-electron chi connectivity index (χ2n) is 7.07. The van der Waals surface area contributed by atoms with Crippen LogP contribution in [0.3, 0.4) is 0 Å². The first-order chi connectivity index (χ1) is 13.0. The van der Waals surface area contributed by atoms with Crippen LogP contribution < -0.4 is 10.2 Å². The van der Waals surface area contributed by atoms with Gasteiger partial charge in [-0.05, 0) is 62.1 Å². The van der Waals surface area contributed by atoms with E-state index in [1.54, 1.807) is 12.3 Å². The van der Waals surface area contributed by atoms with E-state index < -0.39 is 0 Å². The Bertz CT molecular complexity index is 1010. The van der Waals surface area contributed by atoms with Crippen molar-refractivity contribution < 1.29 is 4.79 Å². The normalized spacial score (nSPS) is 15.5. The van der Waals surface area contributed by atoms with Gasteiger partial charge in [0.2, 0.25) is 5.95 Å². The van der Waals surface area contributed by atoms with Gasteiger partial charge >= 0.3 is 0 Å². The molecule has 0 aliphatic carbocycles. The van der Waals surface area contributed by atoms with Crippen LogP contribution in [0.1, 0.15) is 34.1 Å². The fourth-order valence-electron chi connectivity index (χ4n) is 3.52. The van der Waals surface area contributed by atoms with Crippen LogP contribution in [0.15, 0.2) is 54.7 Å². The van der Waals surface area contributed by atoms with Crippen LogP contribution in [-0.4, -0.2) is 21.9 Å². The first-order valence-corrected chi connectivity index (χ1v) is 9.12. The number of hydrogen-bond donors (Lipinski definition) is 1. The number of fused-ring (bicyclic) bond motifs is 1. The lowest BCUT2D eigenvalue weighted by atomic mass is 10.1. The zero-order valence-electron chi connectivity index (χ0n) is 15.7. The Morgan fingerprint density at radius 3 is 2.81 bits per heavy atom. The van der Waals surface area contributed by atoms with Crippen molar-refractivity contribution in [3.8, 4) is 0 Å². The number of anilines is 3. The van der Waals surface area contributed by atoms with E-state index in [0.717, 1.165) is 28.9 Å². The molecule has 5 heteroatoms. The third kappa shape index (κ3) is 3.28. The van der Waals surface area contributed by atoms with Gasteiger partial charge in [0.15, 0.2) is 0 Å². The van der Waals surface area contributed by atoms with Gasteiger partial charge in [0, 0.05) is 23.6 Å². The lowest BCUT2D eigenvalue weighted by Gasteiger charge is -2.22. The van der Waals surface area contributed by atoms with Gasteiger partial charge in [-0.3, -0.25) is 4.79 Å². The van der Waals surface area contributed by atoms with Crippen LogP contribution in [0, 0.1) is 13.8 Å². The molecule has 1 aliphatic rings. The van der Waals surface area contributed by atoms with Crippen molar-refractivity contribution in [2.24, 2.45) is 0 Å². The molecule has 0 bridgehead atoms. The third-order valence-corrected chi connectivity index (χ3v) is 4.94. The monoisotopic (exact) mass is 358 g/mol. The van der Waals surface area contributed by atoms with E-state index in [1.165, 1.54) is 5.56 Å². The van der Waals surface area contributed by atoms with Crippen LogP contribution in [0.2, 0.25) is 0 Å². The summed E-state index contributed by atoms with van der Waals surface area (Å²) in [6, 6.07) is 16.2. The predicted octanol–water partition coefficient (Wildman–Crippen LogP) is 4.43. The number of nitrogens with one attached hydrogen (secondary N) is 1. The Kier molecular flexibility index (Phi) is 4.36. The molecule has 0 spiro atoms. The smallest absolute Gasteiger partial charge is 0.274 e. The van der Waals surface area contributed by atoms with E-state index in [-0.39, 0.29) is 11.9 Å². The van der Waals surface area contributed by atoms with Gasteiger partial charge in [0.1, 0.15) is 5.69 Å². The zero-order valence-corrected chi connectivity index (χ0v) is 15.7. The van der Waals surface area contributed by atoms with Gasteiger partial charge in [0.05, 0.1) is 0 Å². The van der Waals surface area contributed by atoms with Crippen molar-refractivity contribution in [3.63, 3.8) is 0 Å². The summed E-state index contributed by atoms with van der Waals surface area (Å²) in [7, 11) is 0. The molecule has 1 unspecified atom stereocenters. The number of nitrogens with zero attached hydrogens (tertiary/aromatic N) is 3. The van der Waals surface area contributed by atoms with Crippen molar-refractivity contribution in [1.29, 1.82) is 0 Å². The Balaban J connectivity index is 1.63. The molecule has 136 valence electrons. The Morgan fingerprint density at radius 1 is 1.15 bits per heavy atom. The summed E-state index contributed by atoms with van der Waals surface area (Å²) < 4.78 is 0. The van der Waals surface area contributed by atoms with Gasteiger partial charge in [-0.1, -0.05) is 30.3 Å². The Labute approximate surface area is 159 Å². The molecule has 1 aromatic heterocycles. The fraction of sp³-hybridized carbons (Fsp3) is 0.227. The van der Waals surface area contributed by atoms with E-state index in [2.05, 4.69) is 39.2 Å². The summed E-state index contributed by atoms with van der Waals surface area (Å²) in [6.45, 7) is 6.12. The largest absolute Gasteiger partial charge is 0.320 e. The van der Waals surface area contributed by atoms with Crippen molar-refractivity contribution in [3.05, 3.63) is 77.1 Å². The second kappa shape index (κ2) is 6.83. The SMILES string of the molecule is Cc1ccc(C)c(NC(=O)c2ccnc(N3c4ccccc4CC3C)n2)c1. The van der Waals surface area contributed by atoms with Crippen LogP contribution in [0.25, 0.3) is 0 Å². The first-order valence-electron chi connectivity index (χ1n) is 9.12. The van der Waals surface area contributed by atoms with Gasteiger partial charge in [0.25, 0.3) is 5.91 Å². The zero-order chi connectivity index (χ0) is 19.0. The van der Waals surface area contributed by atoms with Gasteiger partial charge < -0.3 is 10.2 Å². The van der Waals surface area contributed by atoms with E-state index >= 15 is 0 Å². The van der Waals surface area contributed by atoms with Crippen LogP contribution in [0.5, 0.6) is 0 Å². The fourth-order valence-corrected chi connectivity index (χ4v) is 3.52. The maximum atomic E-state index is 12.8. The van der Waals surface area contributed by atoms with Crippen LogP contribution in [0.4, 0.5) is 17.3 Å². The standard InChI is InChI=1S/C22H22N4O/c1-14-8-9-15(2)19(12-14)24-21(27)18-10-11-23-22(25-18)26-16(3)13-17-6-4-5-7-20(17)26/h4-12,16H,13H2,1-3H3,(H,24,27). The number of benzene rings is 2. The Morgan fingerprint density at radius 2 is 1.96 bits per heavy atom. The second-order valence-corrected chi connectivity index (χ2v) is 7.07. The lowest BCUT2D eigenvalue weighted by Crippen LogP contribution is -2.27. The molecule has 1 aliphatic heterocycles. The quantitative estimate of drug-likeness (QED) is 0.752. The van der Waals surface area contributed by atoms with Crippen molar-refractivity contribution in [1.82, 2.24) is 9.97 Å². The Hall–Kier alpha value is -3.21. The highest BCUT2D eigenvalue weighted by Crippen LogP contribution is 2.36. The van der Waals surface area contributed by atoms with Gasteiger partial charge in [-0.2, -0.15) is 0 Å². The molecule has 1 atom stereocenters. The van der Waals surface area contributed by atoms with E-state index in [1.807, 2.05) is 44.2 Å². The molecular formula is C22H22N4O. The van der Waals surface area contributed by atoms with Crippen LogP contribution in [-0.2, 0) is 6.42 Å². The van der Waals surface area contributed by atoms with Crippen molar-refractivity contribution >= 4 is 23.2 Å².